The maximum Gasteiger partial charge on any atom is 4.00 e. The molecule has 0 fully saturated rings. The molecule has 0 bridgehead atoms. The molecule has 102 valence electrons. The van der Waals surface area contributed by atoms with Gasteiger partial charge >= 0.3 is 21.7 Å². The molecule has 0 aromatic rings. The maximum atomic E-state index is 2.47. The number of hydrogen-bond acceptors (Lipinski definition) is 0. The second-order valence-corrected chi connectivity index (χ2v) is 4.50. The van der Waals surface area contributed by atoms with Crippen molar-refractivity contribution >= 4 is 0 Å². The Morgan fingerprint density at radius 3 is 2.28 bits per heavy atom. The Hall–Kier alpha value is 0.0643. The Morgan fingerprint density at radius 2 is 1.78 bits per heavy atom. The fourth-order valence-corrected chi connectivity index (χ4v) is 3.21. The summed E-state index contributed by atoms with van der Waals surface area (Å²) in [7, 11) is 0. The molecule has 18 heavy (non-hydrogen) atoms. The molecule has 1 unspecified atom stereocenters. The van der Waals surface area contributed by atoms with Gasteiger partial charge in [0.2, 0.25) is 0 Å². The molecule has 0 aromatic heterocycles. The number of rotatable bonds is 2. The maximum absolute atomic E-state index is 2.47. The Balaban J connectivity index is -0.000000562. The second-order valence-electron chi connectivity index (χ2n) is 4.50. The molecule has 2 rings (SSSR count). The van der Waals surface area contributed by atoms with Crippen LogP contribution in [0.5, 0.6) is 0 Å². The summed E-state index contributed by atoms with van der Waals surface area (Å²) in [5.74, 6) is 0.798. The van der Waals surface area contributed by atoms with Crippen molar-refractivity contribution in [3.05, 3.63) is 51.0 Å². The standard InChI is InChI=1S/C14H21.3CH3.Ti/c1-4-11-10(3)13-8-6-7-9-14(13)12(11)5-2;;;;/h8,12H,4-7,9H2,1-3H3;3*1H3;/q4*-1;+4. The summed E-state index contributed by atoms with van der Waals surface area (Å²) >= 11 is 0. The van der Waals surface area contributed by atoms with Gasteiger partial charge in [-0.05, 0) is 6.42 Å². The molecule has 0 amide bonds. The third kappa shape index (κ3) is 3.78. The van der Waals surface area contributed by atoms with Crippen molar-refractivity contribution in [2.45, 2.75) is 52.9 Å². The summed E-state index contributed by atoms with van der Waals surface area (Å²) in [4.78, 5) is 0. The van der Waals surface area contributed by atoms with Crippen LogP contribution in [0.1, 0.15) is 52.9 Å². The monoisotopic (exact) mass is 282 g/mol. The molecule has 0 aromatic carbocycles. The van der Waals surface area contributed by atoms with E-state index in [-0.39, 0.29) is 44.0 Å². The molecule has 0 saturated carbocycles. The summed E-state index contributed by atoms with van der Waals surface area (Å²) in [5.41, 5.74) is 6.71. The molecular weight excluding hydrogens is 252 g/mol. The largest absolute Gasteiger partial charge is 4.00 e. The van der Waals surface area contributed by atoms with Crippen LogP contribution in [0.15, 0.2) is 22.3 Å². The van der Waals surface area contributed by atoms with Gasteiger partial charge in [-0.3, -0.25) is 0 Å². The van der Waals surface area contributed by atoms with E-state index in [1.807, 2.05) is 0 Å². The normalized spacial score (nSPS) is 20.7. The van der Waals surface area contributed by atoms with Crippen LogP contribution in [0.2, 0.25) is 0 Å². The predicted molar refractivity (Wildman–Crippen MR) is 81.2 cm³/mol. The summed E-state index contributed by atoms with van der Waals surface area (Å²) in [5, 5.41) is 0. The smallest absolute Gasteiger partial charge is 0.358 e. The van der Waals surface area contributed by atoms with Crippen LogP contribution in [0.25, 0.3) is 0 Å². The van der Waals surface area contributed by atoms with Crippen molar-refractivity contribution in [2.75, 3.05) is 0 Å². The molecule has 0 aliphatic heterocycles. The molecule has 0 heterocycles. The Labute approximate surface area is 131 Å². The molecule has 0 spiro atoms. The minimum Gasteiger partial charge on any atom is -0.358 e. The first kappa shape index (κ1) is 23.2. The van der Waals surface area contributed by atoms with Gasteiger partial charge in [-0.25, -0.2) is 0 Å². The summed E-state index contributed by atoms with van der Waals surface area (Å²) in [6.07, 6.45) is 9.03. The topological polar surface area (TPSA) is 0 Å². The van der Waals surface area contributed by atoms with Gasteiger partial charge in [-0.2, -0.15) is 23.1 Å². The van der Waals surface area contributed by atoms with Gasteiger partial charge in [0.15, 0.2) is 0 Å². The van der Waals surface area contributed by atoms with Crippen LogP contribution in [-0.4, -0.2) is 0 Å². The summed E-state index contributed by atoms with van der Waals surface area (Å²) < 4.78 is 0. The molecule has 1 heteroatoms. The van der Waals surface area contributed by atoms with Crippen LogP contribution in [0, 0.1) is 34.6 Å². The van der Waals surface area contributed by atoms with Crippen LogP contribution in [-0.2, 0) is 21.7 Å². The van der Waals surface area contributed by atoms with E-state index in [0.717, 1.165) is 5.92 Å². The zero-order valence-corrected chi connectivity index (χ0v) is 14.8. The van der Waals surface area contributed by atoms with Gasteiger partial charge in [0.05, 0.1) is 0 Å². The Bertz CT molecular complexity index is 297. The van der Waals surface area contributed by atoms with Gasteiger partial charge in [0.1, 0.15) is 0 Å². The van der Waals surface area contributed by atoms with Crippen LogP contribution < -0.4 is 0 Å². The van der Waals surface area contributed by atoms with Crippen molar-refractivity contribution < 1.29 is 21.7 Å². The van der Waals surface area contributed by atoms with Crippen molar-refractivity contribution in [3.8, 4) is 0 Å². The Kier molecular flexibility index (Phi) is 12.8. The first-order valence-corrected chi connectivity index (χ1v) is 6.05. The van der Waals surface area contributed by atoms with E-state index >= 15 is 0 Å². The van der Waals surface area contributed by atoms with Crippen molar-refractivity contribution in [3.63, 3.8) is 0 Å². The van der Waals surface area contributed by atoms with E-state index in [4.69, 9.17) is 0 Å². The fourth-order valence-electron chi connectivity index (χ4n) is 3.21. The summed E-state index contributed by atoms with van der Waals surface area (Å²) in [6, 6.07) is 0. The Morgan fingerprint density at radius 1 is 1.17 bits per heavy atom. The van der Waals surface area contributed by atoms with Gasteiger partial charge < -0.3 is 22.3 Å². The molecule has 0 saturated heterocycles. The SMILES string of the molecule is CCC1=C(C)C2=C(CCC[CH-]2)C1CC.[CH3-].[CH3-].[CH3-].[Ti+4]. The first-order valence-electron chi connectivity index (χ1n) is 6.05. The fraction of sp³-hybridized carbons (Fsp3) is 0.529. The van der Waals surface area contributed by atoms with E-state index in [0.29, 0.717) is 0 Å². The van der Waals surface area contributed by atoms with E-state index < -0.39 is 0 Å². The van der Waals surface area contributed by atoms with Crippen LogP contribution in [0.3, 0.4) is 0 Å². The van der Waals surface area contributed by atoms with Crippen LogP contribution in [0.4, 0.5) is 0 Å². The molecule has 0 radical (unpaired) electrons. The second kappa shape index (κ2) is 9.92. The molecular formula is C17H30Ti. The minimum absolute atomic E-state index is 0. The van der Waals surface area contributed by atoms with Crippen molar-refractivity contribution in [1.29, 1.82) is 0 Å². The molecule has 2 aliphatic rings. The third-order valence-corrected chi connectivity index (χ3v) is 3.86. The average Bonchev–Trinajstić information content (AvgIpc) is 2.51. The zero-order valence-electron chi connectivity index (χ0n) is 13.2. The van der Waals surface area contributed by atoms with E-state index in [2.05, 4.69) is 27.2 Å². The van der Waals surface area contributed by atoms with Crippen molar-refractivity contribution in [1.82, 2.24) is 0 Å². The number of hydrogen-bond donors (Lipinski definition) is 0. The van der Waals surface area contributed by atoms with Gasteiger partial charge in [-0.15, -0.1) is 5.57 Å². The quantitative estimate of drug-likeness (QED) is 0.444. The van der Waals surface area contributed by atoms with E-state index in [9.17, 15) is 0 Å². The zero-order chi connectivity index (χ0) is 10.1. The number of allylic oxidation sites excluding steroid dienone is 4. The van der Waals surface area contributed by atoms with Gasteiger partial charge in [0.25, 0.3) is 0 Å². The van der Waals surface area contributed by atoms with E-state index in [1.165, 1.54) is 32.1 Å². The van der Waals surface area contributed by atoms with Gasteiger partial charge in [0, 0.05) is 0 Å². The predicted octanol–water partition coefficient (Wildman–Crippen LogP) is 5.79. The minimum atomic E-state index is 0. The van der Waals surface area contributed by atoms with Crippen LogP contribution >= 0.6 is 0 Å². The molecule has 0 N–H and O–H groups in total. The first-order chi connectivity index (χ1) is 6.79. The molecule has 1 atom stereocenters. The third-order valence-electron chi connectivity index (χ3n) is 3.86. The molecule has 0 nitrogen and oxygen atoms in total. The van der Waals surface area contributed by atoms with E-state index in [1.54, 1.807) is 22.3 Å². The average molecular weight is 282 g/mol. The van der Waals surface area contributed by atoms with Gasteiger partial charge in [-0.1, -0.05) is 52.4 Å². The summed E-state index contributed by atoms with van der Waals surface area (Å²) in [6.45, 7) is 6.96. The molecule has 2 aliphatic carbocycles. The van der Waals surface area contributed by atoms with Crippen molar-refractivity contribution in [2.24, 2.45) is 5.92 Å².